The molecule has 2 atom stereocenters. The van der Waals surface area contributed by atoms with Gasteiger partial charge in [-0.1, -0.05) is 12.1 Å². The van der Waals surface area contributed by atoms with Crippen molar-refractivity contribution < 1.29 is 24.5 Å². The third-order valence-electron chi connectivity index (χ3n) is 4.60. The number of carbonyl (C=O) groups is 1. The van der Waals surface area contributed by atoms with Crippen molar-refractivity contribution in [3.8, 4) is 5.75 Å². The Bertz CT molecular complexity index is 535. The van der Waals surface area contributed by atoms with Gasteiger partial charge in [0.15, 0.2) is 0 Å². The molecule has 1 aliphatic heterocycles. The highest BCUT2D eigenvalue weighted by molar-refractivity contribution is 5.65. The Morgan fingerprint density at radius 1 is 1.43 bits per heavy atom. The number of benzene rings is 1. The molecule has 1 heterocycles. The molecule has 2 N–H and O–H groups in total. The third-order valence-corrected chi connectivity index (χ3v) is 4.60. The van der Waals surface area contributed by atoms with E-state index in [1.54, 1.807) is 7.11 Å². The van der Waals surface area contributed by atoms with E-state index in [1.165, 1.54) is 4.90 Å². The van der Waals surface area contributed by atoms with Gasteiger partial charge in [0.05, 0.1) is 13.2 Å². The quantitative estimate of drug-likeness (QED) is 0.784. The molecule has 2 unspecified atom stereocenters. The highest BCUT2D eigenvalue weighted by atomic mass is 16.5. The van der Waals surface area contributed by atoms with Crippen LogP contribution >= 0.6 is 0 Å². The predicted molar refractivity (Wildman–Crippen MR) is 86.0 cm³/mol. The summed E-state index contributed by atoms with van der Waals surface area (Å²) in [4.78, 5) is 12.7. The van der Waals surface area contributed by atoms with Gasteiger partial charge in [-0.15, -0.1) is 0 Å². The standard InChI is InChI=1S/C17H25NO5/c1-13-11-17(12-19,6-7-18(13)16(20)21)14-4-3-5-15(10-14)23-9-8-22-2/h3-5,10,13,19H,6-9,11-12H2,1-2H3,(H,20,21). The minimum Gasteiger partial charge on any atom is -0.491 e. The fourth-order valence-corrected chi connectivity index (χ4v) is 3.27. The number of likely N-dealkylation sites (tertiary alicyclic amines) is 1. The molecule has 6 nitrogen and oxygen atoms in total. The summed E-state index contributed by atoms with van der Waals surface area (Å²) < 4.78 is 10.6. The van der Waals surface area contributed by atoms with E-state index in [2.05, 4.69) is 0 Å². The Balaban J connectivity index is 2.17. The predicted octanol–water partition coefficient (Wildman–Crippen LogP) is 2.10. The molecule has 128 valence electrons. The molecule has 0 bridgehead atoms. The van der Waals surface area contributed by atoms with Crippen molar-refractivity contribution in [2.75, 3.05) is 33.5 Å². The van der Waals surface area contributed by atoms with Crippen LogP contribution in [0.25, 0.3) is 0 Å². The molecular weight excluding hydrogens is 298 g/mol. The van der Waals surface area contributed by atoms with Crippen molar-refractivity contribution >= 4 is 6.09 Å². The number of piperidine rings is 1. The summed E-state index contributed by atoms with van der Waals surface area (Å²) in [5, 5.41) is 19.2. The first-order valence-corrected chi connectivity index (χ1v) is 7.85. The van der Waals surface area contributed by atoms with Crippen LogP contribution in [0.1, 0.15) is 25.3 Å². The maximum Gasteiger partial charge on any atom is 0.407 e. The molecule has 1 aromatic carbocycles. The van der Waals surface area contributed by atoms with Gasteiger partial charge in [0.25, 0.3) is 0 Å². The number of hydrogen-bond donors (Lipinski definition) is 2. The first-order chi connectivity index (χ1) is 11.0. The van der Waals surface area contributed by atoms with Crippen LogP contribution in [0.3, 0.4) is 0 Å². The zero-order valence-corrected chi connectivity index (χ0v) is 13.7. The molecule has 0 saturated carbocycles. The molecule has 0 aliphatic carbocycles. The lowest BCUT2D eigenvalue weighted by Crippen LogP contribution is -2.51. The monoisotopic (exact) mass is 323 g/mol. The third kappa shape index (κ3) is 3.95. The fourth-order valence-electron chi connectivity index (χ4n) is 3.27. The largest absolute Gasteiger partial charge is 0.491 e. The van der Waals surface area contributed by atoms with Crippen LogP contribution in [0.2, 0.25) is 0 Å². The lowest BCUT2D eigenvalue weighted by Gasteiger charge is -2.44. The molecular formula is C17H25NO5. The second-order valence-corrected chi connectivity index (χ2v) is 6.09. The molecule has 0 spiro atoms. The van der Waals surface area contributed by atoms with Crippen LogP contribution in [0.4, 0.5) is 4.79 Å². The number of rotatable bonds is 6. The molecule has 23 heavy (non-hydrogen) atoms. The lowest BCUT2D eigenvalue weighted by molar-refractivity contribution is 0.0602. The van der Waals surface area contributed by atoms with E-state index in [0.717, 1.165) is 11.3 Å². The van der Waals surface area contributed by atoms with Gasteiger partial charge in [-0.2, -0.15) is 0 Å². The molecule has 0 aromatic heterocycles. The average Bonchev–Trinajstić information content (AvgIpc) is 2.55. The van der Waals surface area contributed by atoms with Gasteiger partial charge in [-0.25, -0.2) is 4.79 Å². The van der Waals surface area contributed by atoms with E-state index in [0.29, 0.717) is 32.6 Å². The first kappa shape index (κ1) is 17.6. The Morgan fingerprint density at radius 2 is 2.22 bits per heavy atom. The number of aliphatic hydroxyl groups is 1. The van der Waals surface area contributed by atoms with Gasteiger partial charge < -0.3 is 24.6 Å². The zero-order chi connectivity index (χ0) is 16.9. The summed E-state index contributed by atoms with van der Waals surface area (Å²) in [6, 6.07) is 7.56. The Kier molecular flexibility index (Phi) is 5.85. The van der Waals surface area contributed by atoms with Gasteiger partial charge in [0.2, 0.25) is 0 Å². The number of carboxylic acid groups (broad SMARTS) is 1. The van der Waals surface area contributed by atoms with E-state index in [9.17, 15) is 15.0 Å². The normalized spacial score (nSPS) is 24.5. The van der Waals surface area contributed by atoms with Gasteiger partial charge in [0.1, 0.15) is 12.4 Å². The Morgan fingerprint density at radius 3 is 2.83 bits per heavy atom. The summed E-state index contributed by atoms with van der Waals surface area (Å²) in [7, 11) is 1.62. The van der Waals surface area contributed by atoms with Crippen molar-refractivity contribution in [1.29, 1.82) is 0 Å². The number of amides is 1. The number of ether oxygens (including phenoxy) is 2. The number of hydrogen-bond acceptors (Lipinski definition) is 4. The van der Waals surface area contributed by atoms with Crippen LogP contribution in [0.15, 0.2) is 24.3 Å². The topological polar surface area (TPSA) is 79.2 Å². The maximum atomic E-state index is 11.2. The number of nitrogens with zero attached hydrogens (tertiary/aromatic N) is 1. The minimum absolute atomic E-state index is 0.00762. The molecule has 2 rings (SSSR count). The van der Waals surface area contributed by atoms with Gasteiger partial charge in [-0.3, -0.25) is 0 Å². The molecule has 1 aliphatic rings. The molecule has 6 heteroatoms. The van der Waals surface area contributed by atoms with Crippen molar-refractivity contribution in [3.05, 3.63) is 29.8 Å². The first-order valence-electron chi connectivity index (χ1n) is 7.85. The molecule has 0 radical (unpaired) electrons. The van der Waals surface area contributed by atoms with E-state index < -0.39 is 11.5 Å². The molecule has 1 saturated heterocycles. The van der Waals surface area contributed by atoms with Crippen LogP contribution in [-0.4, -0.2) is 60.7 Å². The minimum atomic E-state index is -0.902. The van der Waals surface area contributed by atoms with Gasteiger partial charge in [0, 0.05) is 25.1 Å². The molecule has 1 fully saturated rings. The van der Waals surface area contributed by atoms with Crippen LogP contribution in [0, 0.1) is 0 Å². The van der Waals surface area contributed by atoms with E-state index >= 15 is 0 Å². The zero-order valence-electron chi connectivity index (χ0n) is 13.7. The van der Waals surface area contributed by atoms with Crippen LogP contribution < -0.4 is 4.74 Å². The molecule has 1 aromatic rings. The lowest BCUT2D eigenvalue weighted by atomic mass is 9.71. The van der Waals surface area contributed by atoms with Crippen molar-refractivity contribution in [3.63, 3.8) is 0 Å². The van der Waals surface area contributed by atoms with Crippen LogP contribution in [0.5, 0.6) is 5.75 Å². The van der Waals surface area contributed by atoms with Crippen molar-refractivity contribution in [2.45, 2.75) is 31.2 Å². The number of methoxy groups -OCH3 is 1. The highest BCUT2D eigenvalue weighted by Crippen LogP contribution is 2.39. The van der Waals surface area contributed by atoms with Crippen molar-refractivity contribution in [1.82, 2.24) is 4.90 Å². The second-order valence-electron chi connectivity index (χ2n) is 6.09. The van der Waals surface area contributed by atoms with E-state index in [1.807, 2.05) is 31.2 Å². The maximum absolute atomic E-state index is 11.2. The fraction of sp³-hybridized carbons (Fsp3) is 0.588. The smallest absolute Gasteiger partial charge is 0.407 e. The second kappa shape index (κ2) is 7.66. The summed E-state index contributed by atoms with van der Waals surface area (Å²) in [6.07, 6.45) is 0.291. The van der Waals surface area contributed by atoms with Gasteiger partial charge >= 0.3 is 6.09 Å². The summed E-state index contributed by atoms with van der Waals surface area (Å²) in [6.45, 7) is 3.28. The average molecular weight is 323 g/mol. The summed E-state index contributed by atoms with van der Waals surface area (Å²) in [5.41, 5.74) is 0.568. The van der Waals surface area contributed by atoms with Crippen molar-refractivity contribution in [2.24, 2.45) is 0 Å². The Labute approximate surface area is 136 Å². The highest BCUT2D eigenvalue weighted by Gasteiger charge is 2.40. The molecule has 1 amide bonds. The van der Waals surface area contributed by atoms with E-state index in [-0.39, 0.29) is 12.6 Å². The van der Waals surface area contributed by atoms with Crippen LogP contribution in [-0.2, 0) is 10.2 Å². The summed E-state index contributed by atoms with van der Waals surface area (Å²) in [5.74, 6) is 0.737. The Hall–Kier alpha value is -1.79. The number of aliphatic hydroxyl groups excluding tert-OH is 1. The SMILES string of the molecule is COCCOc1cccc(C2(CO)CCN(C(=O)O)C(C)C2)c1. The summed E-state index contributed by atoms with van der Waals surface area (Å²) >= 11 is 0. The van der Waals surface area contributed by atoms with E-state index in [4.69, 9.17) is 9.47 Å². The van der Waals surface area contributed by atoms with Gasteiger partial charge in [-0.05, 0) is 37.5 Å².